The Kier molecular flexibility index (Phi) is 2.99. The SMILES string of the molecule is Cc1c(Br)c(-c2c(F)cc(F)cc2F)nn1C. The molecule has 1 heterocycles. The van der Waals surface area contributed by atoms with E-state index in [1.807, 2.05) is 0 Å². The Morgan fingerprint density at radius 3 is 2.12 bits per heavy atom. The third-order valence-corrected chi connectivity index (χ3v) is 3.45. The zero-order valence-corrected chi connectivity index (χ0v) is 10.6. The van der Waals surface area contributed by atoms with Gasteiger partial charge in [-0.25, -0.2) is 13.2 Å². The van der Waals surface area contributed by atoms with Crippen molar-refractivity contribution in [3.8, 4) is 11.3 Å². The number of aryl methyl sites for hydroxylation is 1. The third kappa shape index (κ3) is 1.97. The minimum Gasteiger partial charge on any atom is -0.271 e. The van der Waals surface area contributed by atoms with Crippen molar-refractivity contribution in [1.29, 1.82) is 0 Å². The van der Waals surface area contributed by atoms with E-state index in [1.54, 1.807) is 14.0 Å². The monoisotopic (exact) mass is 304 g/mol. The quantitative estimate of drug-likeness (QED) is 0.787. The van der Waals surface area contributed by atoms with Crippen LogP contribution in [0.1, 0.15) is 5.69 Å². The number of nitrogens with zero attached hydrogens (tertiary/aromatic N) is 2. The molecule has 0 radical (unpaired) electrons. The van der Waals surface area contributed by atoms with E-state index in [-0.39, 0.29) is 11.3 Å². The molecule has 90 valence electrons. The lowest BCUT2D eigenvalue weighted by molar-refractivity contribution is 0.547. The van der Waals surface area contributed by atoms with Crippen molar-refractivity contribution in [2.24, 2.45) is 7.05 Å². The highest BCUT2D eigenvalue weighted by Crippen LogP contribution is 2.33. The first-order valence-electron chi connectivity index (χ1n) is 4.76. The maximum Gasteiger partial charge on any atom is 0.138 e. The van der Waals surface area contributed by atoms with Gasteiger partial charge >= 0.3 is 0 Å². The second-order valence-corrected chi connectivity index (χ2v) is 4.41. The molecule has 1 aromatic carbocycles. The molecular weight excluding hydrogens is 297 g/mol. The molecular formula is C11H8BrF3N2. The van der Waals surface area contributed by atoms with Gasteiger partial charge in [-0.3, -0.25) is 4.68 Å². The first kappa shape index (κ1) is 12.2. The van der Waals surface area contributed by atoms with Crippen LogP contribution in [0.2, 0.25) is 0 Å². The molecule has 0 atom stereocenters. The van der Waals surface area contributed by atoms with Gasteiger partial charge in [0.05, 0.1) is 10.0 Å². The van der Waals surface area contributed by atoms with Gasteiger partial charge in [-0.15, -0.1) is 0 Å². The number of benzene rings is 1. The van der Waals surface area contributed by atoms with Crippen LogP contribution in [0, 0.1) is 24.4 Å². The molecule has 0 fully saturated rings. The Labute approximate surface area is 104 Å². The highest BCUT2D eigenvalue weighted by molar-refractivity contribution is 9.10. The van der Waals surface area contributed by atoms with Crippen molar-refractivity contribution in [2.75, 3.05) is 0 Å². The predicted molar refractivity (Wildman–Crippen MR) is 61.0 cm³/mol. The zero-order chi connectivity index (χ0) is 12.7. The summed E-state index contributed by atoms with van der Waals surface area (Å²) in [5, 5.41) is 4.00. The maximum absolute atomic E-state index is 13.6. The second-order valence-electron chi connectivity index (χ2n) is 3.62. The van der Waals surface area contributed by atoms with Crippen molar-refractivity contribution >= 4 is 15.9 Å². The van der Waals surface area contributed by atoms with Gasteiger partial charge in [0.1, 0.15) is 23.1 Å². The summed E-state index contributed by atoms with van der Waals surface area (Å²) in [7, 11) is 1.66. The van der Waals surface area contributed by atoms with Crippen LogP contribution in [0.15, 0.2) is 16.6 Å². The minimum atomic E-state index is -0.971. The van der Waals surface area contributed by atoms with Crippen LogP contribution >= 0.6 is 15.9 Å². The van der Waals surface area contributed by atoms with Crippen LogP contribution in [0.25, 0.3) is 11.3 Å². The molecule has 2 aromatic rings. The van der Waals surface area contributed by atoms with E-state index in [2.05, 4.69) is 21.0 Å². The van der Waals surface area contributed by atoms with Crippen molar-refractivity contribution in [2.45, 2.75) is 6.92 Å². The van der Waals surface area contributed by atoms with E-state index < -0.39 is 17.5 Å². The summed E-state index contributed by atoms with van der Waals surface area (Å²) in [6, 6.07) is 1.27. The average molecular weight is 305 g/mol. The number of aromatic nitrogens is 2. The second kappa shape index (κ2) is 4.18. The lowest BCUT2D eigenvalue weighted by Crippen LogP contribution is -1.95. The van der Waals surface area contributed by atoms with E-state index in [0.29, 0.717) is 16.6 Å². The molecule has 1 aromatic heterocycles. The van der Waals surface area contributed by atoms with Gasteiger partial charge in [0.15, 0.2) is 0 Å². The van der Waals surface area contributed by atoms with E-state index >= 15 is 0 Å². The molecule has 0 aliphatic rings. The Balaban J connectivity index is 2.73. The molecule has 0 unspecified atom stereocenters. The standard InChI is InChI=1S/C11H8BrF3N2/c1-5-10(12)11(16-17(5)2)9-7(14)3-6(13)4-8(9)15/h3-4H,1-2H3. The molecule has 0 bridgehead atoms. The Hall–Kier alpha value is -1.30. The van der Waals surface area contributed by atoms with Gasteiger partial charge in [0.25, 0.3) is 0 Å². The fourth-order valence-corrected chi connectivity index (χ4v) is 2.04. The molecule has 0 aliphatic carbocycles. The summed E-state index contributed by atoms with van der Waals surface area (Å²) in [5.41, 5.74) is 0.519. The van der Waals surface area contributed by atoms with Gasteiger partial charge in [0, 0.05) is 24.9 Å². The zero-order valence-electron chi connectivity index (χ0n) is 9.06. The topological polar surface area (TPSA) is 17.8 Å². The summed E-state index contributed by atoms with van der Waals surface area (Å²) in [5.74, 6) is -2.89. The molecule has 0 saturated carbocycles. The lowest BCUT2D eigenvalue weighted by atomic mass is 10.1. The van der Waals surface area contributed by atoms with Crippen LogP contribution in [-0.2, 0) is 7.05 Å². The molecule has 0 amide bonds. The predicted octanol–water partition coefficient (Wildman–Crippen LogP) is 3.58. The molecule has 0 N–H and O–H groups in total. The van der Waals surface area contributed by atoms with Crippen LogP contribution in [-0.4, -0.2) is 9.78 Å². The molecule has 0 spiro atoms. The first-order chi connectivity index (χ1) is 7.91. The van der Waals surface area contributed by atoms with Crippen LogP contribution < -0.4 is 0 Å². The Bertz CT molecular complexity index is 570. The normalized spacial score (nSPS) is 10.9. The number of hydrogen-bond donors (Lipinski definition) is 0. The highest BCUT2D eigenvalue weighted by Gasteiger charge is 2.20. The molecule has 2 nitrogen and oxygen atoms in total. The lowest BCUT2D eigenvalue weighted by Gasteiger charge is -2.02. The van der Waals surface area contributed by atoms with Gasteiger partial charge in [0.2, 0.25) is 0 Å². The van der Waals surface area contributed by atoms with Gasteiger partial charge in [-0.05, 0) is 22.9 Å². The first-order valence-corrected chi connectivity index (χ1v) is 5.55. The van der Waals surface area contributed by atoms with Crippen molar-refractivity contribution in [3.05, 3.63) is 39.8 Å². The Morgan fingerprint density at radius 2 is 1.71 bits per heavy atom. The van der Waals surface area contributed by atoms with Crippen LogP contribution in [0.4, 0.5) is 13.2 Å². The van der Waals surface area contributed by atoms with E-state index in [0.717, 1.165) is 5.69 Å². The van der Waals surface area contributed by atoms with Crippen LogP contribution in [0.5, 0.6) is 0 Å². The molecule has 2 rings (SSSR count). The summed E-state index contributed by atoms with van der Waals surface area (Å²) >= 11 is 3.21. The summed E-state index contributed by atoms with van der Waals surface area (Å²) in [6.45, 7) is 1.75. The molecule has 17 heavy (non-hydrogen) atoms. The average Bonchev–Trinajstić information content (AvgIpc) is 2.45. The summed E-state index contributed by atoms with van der Waals surface area (Å²) in [6.07, 6.45) is 0. The fourth-order valence-electron chi connectivity index (χ4n) is 1.51. The summed E-state index contributed by atoms with van der Waals surface area (Å²) < 4.78 is 41.9. The van der Waals surface area contributed by atoms with Gasteiger partial charge in [-0.2, -0.15) is 5.10 Å². The van der Waals surface area contributed by atoms with Crippen LogP contribution in [0.3, 0.4) is 0 Å². The fraction of sp³-hybridized carbons (Fsp3) is 0.182. The molecule has 0 saturated heterocycles. The maximum atomic E-state index is 13.6. The Morgan fingerprint density at radius 1 is 1.18 bits per heavy atom. The highest BCUT2D eigenvalue weighted by atomic mass is 79.9. The molecule has 0 aliphatic heterocycles. The number of halogens is 4. The largest absolute Gasteiger partial charge is 0.271 e. The smallest absolute Gasteiger partial charge is 0.138 e. The van der Waals surface area contributed by atoms with Gasteiger partial charge < -0.3 is 0 Å². The number of hydrogen-bond acceptors (Lipinski definition) is 1. The van der Waals surface area contributed by atoms with Crippen molar-refractivity contribution < 1.29 is 13.2 Å². The van der Waals surface area contributed by atoms with E-state index in [4.69, 9.17) is 0 Å². The number of rotatable bonds is 1. The summed E-state index contributed by atoms with van der Waals surface area (Å²) in [4.78, 5) is 0. The van der Waals surface area contributed by atoms with Crippen molar-refractivity contribution in [3.63, 3.8) is 0 Å². The van der Waals surface area contributed by atoms with E-state index in [9.17, 15) is 13.2 Å². The molecule has 6 heteroatoms. The minimum absolute atomic E-state index is 0.125. The van der Waals surface area contributed by atoms with Gasteiger partial charge in [-0.1, -0.05) is 0 Å². The third-order valence-electron chi connectivity index (χ3n) is 2.50. The van der Waals surface area contributed by atoms with Crippen molar-refractivity contribution in [1.82, 2.24) is 9.78 Å². The van der Waals surface area contributed by atoms with E-state index in [1.165, 1.54) is 4.68 Å².